The lowest BCUT2D eigenvalue weighted by molar-refractivity contribution is 0.711. The molecule has 0 aromatic heterocycles. The monoisotopic (exact) mass is 271 g/mol. The second-order valence-corrected chi connectivity index (χ2v) is 5.33. The molecule has 1 nitrogen and oxygen atoms in total. The van der Waals surface area contributed by atoms with Gasteiger partial charge in [-0.1, -0.05) is 37.1 Å². The van der Waals surface area contributed by atoms with Crippen molar-refractivity contribution in [2.24, 2.45) is 0 Å². The van der Waals surface area contributed by atoms with Gasteiger partial charge in [-0.2, -0.15) is 0 Å². The Morgan fingerprint density at radius 1 is 1.35 bits per heavy atom. The summed E-state index contributed by atoms with van der Waals surface area (Å²) in [7, 11) is 0. The molecule has 3 heteroatoms. The van der Waals surface area contributed by atoms with Crippen molar-refractivity contribution in [1.29, 1.82) is 0 Å². The number of unbranched alkanes of at least 4 members (excludes halogenated alkanes) is 1. The zero-order valence-corrected chi connectivity index (χ0v) is 11.8. The highest BCUT2D eigenvalue weighted by Gasteiger charge is 2.30. The molecule has 2 rings (SSSR count). The quantitative estimate of drug-likeness (QED) is 0.669. The van der Waals surface area contributed by atoms with Crippen LogP contribution in [-0.4, -0.2) is 12.6 Å². The van der Waals surface area contributed by atoms with Gasteiger partial charge in [-0.15, -0.1) is 11.6 Å². The van der Waals surface area contributed by atoms with Crippen LogP contribution in [-0.2, 0) is 5.88 Å². The van der Waals surface area contributed by atoms with E-state index >= 15 is 0 Å². The molecule has 0 bridgehead atoms. The summed E-state index contributed by atoms with van der Waals surface area (Å²) in [5.41, 5.74) is 2.32. The predicted molar refractivity (Wildman–Crippen MR) is 76.3 cm³/mol. The normalized spacial score (nSPS) is 15.0. The highest BCUT2D eigenvalue weighted by molar-refractivity contribution is 6.33. The van der Waals surface area contributed by atoms with Gasteiger partial charge < -0.3 is 4.90 Å². The van der Waals surface area contributed by atoms with Crippen molar-refractivity contribution in [3.8, 4) is 0 Å². The second kappa shape index (κ2) is 5.97. The van der Waals surface area contributed by atoms with Crippen molar-refractivity contribution < 1.29 is 0 Å². The van der Waals surface area contributed by atoms with E-state index in [9.17, 15) is 0 Å². The van der Waals surface area contributed by atoms with Crippen LogP contribution in [0.25, 0.3) is 0 Å². The minimum atomic E-state index is 0.533. The number of alkyl halides is 1. The van der Waals surface area contributed by atoms with Gasteiger partial charge in [-0.25, -0.2) is 0 Å². The summed E-state index contributed by atoms with van der Waals surface area (Å²) < 4.78 is 0. The maximum atomic E-state index is 6.35. The van der Waals surface area contributed by atoms with E-state index in [1.54, 1.807) is 0 Å². The lowest BCUT2D eigenvalue weighted by Gasteiger charge is -2.27. The average Bonchev–Trinajstić information content (AvgIpc) is 3.15. The molecular formula is C14H19Cl2N. The summed E-state index contributed by atoms with van der Waals surface area (Å²) in [4.78, 5) is 2.46. The Labute approximate surface area is 114 Å². The number of hydrogen-bond acceptors (Lipinski definition) is 1. The molecule has 1 fully saturated rings. The number of hydrogen-bond donors (Lipinski definition) is 0. The number of rotatable bonds is 6. The second-order valence-electron chi connectivity index (χ2n) is 4.66. The number of benzene rings is 1. The first-order valence-electron chi connectivity index (χ1n) is 6.38. The van der Waals surface area contributed by atoms with Crippen LogP contribution in [0.3, 0.4) is 0 Å². The van der Waals surface area contributed by atoms with Crippen LogP contribution in [0.4, 0.5) is 5.69 Å². The molecule has 0 radical (unpaired) electrons. The molecule has 0 amide bonds. The van der Waals surface area contributed by atoms with Crippen molar-refractivity contribution >= 4 is 28.9 Å². The van der Waals surface area contributed by atoms with Gasteiger partial charge >= 0.3 is 0 Å². The molecule has 1 aliphatic carbocycles. The molecule has 1 saturated carbocycles. The molecule has 17 heavy (non-hydrogen) atoms. The standard InChI is InChI=1S/C14H19Cl2N/c1-2-3-9-17(12-7-8-12)14-11(10-15)5-4-6-13(14)16/h4-6,12H,2-3,7-10H2,1H3. The smallest absolute Gasteiger partial charge is 0.0642 e. The summed E-state index contributed by atoms with van der Waals surface area (Å²) in [5, 5.41) is 0.839. The predicted octanol–water partition coefficient (Wildman–Crippen LogP) is 4.85. The Morgan fingerprint density at radius 3 is 2.71 bits per heavy atom. The number of para-hydroxylation sites is 1. The van der Waals surface area contributed by atoms with Crippen LogP contribution in [0.5, 0.6) is 0 Å². The largest absolute Gasteiger partial charge is 0.367 e. The zero-order chi connectivity index (χ0) is 12.3. The summed E-state index contributed by atoms with van der Waals surface area (Å²) >= 11 is 12.4. The van der Waals surface area contributed by atoms with Crippen LogP contribution in [0.2, 0.25) is 5.02 Å². The molecule has 0 atom stereocenters. The number of halogens is 2. The molecule has 1 aromatic rings. The maximum Gasteiger partial charge on any atom is 0.0642 e. The van der Waals surface area contributed by atoms with Gasteiger partial charge in [0.15, 0.2) is 0 Å². The first-order chi connectivity index (χ1) is 8.27. The lowest BCUT2D eigenvalue weighted by atomic mass is 10.1. The van der Waals surface area contributed by atoms with E-state index in [1.807, 2.05) is 12.1 Å². The van der Waals surface area contributed by atoms with Crippen molar-refractivity contribution in [3.63, 3.8) is 0 Å². The summed E-state index contributed by atoms with van der Waals surface area (Å²) in [6, 6.07) is 6.71. The zero-order valence-electron chi connectivity index (χ0n) is 10.3. The van der Waals surface area contributed by atoms with E-state index in [2.05, 4.69) is 17.9 Å². The summed E-state index contributed by atoms with van der Waals surface area (Å²) in [5.74, 6) is 0.533. The summed E-state index contributed by atoms with van der Waals surface area (Å²) in [6.45, 7) is 3.31. The SMILES string of the molecule is CCCCN(c1c(Cl)cccc1CCl)C1CC1. The third kappa shape index (κ3) is 3.08. The molecule has 0 aliphatic heterocycles. The third-order valence-corrected chi connectivity index (χ3v) is 3.83. The van der Waals surface area contributed by atoms with E-state index in [1.165, 1.54) is 31.4 Å². The molecule has 0 N–H and O–H groups in total. The van der Waals surface area contributed by atoms with Crippen molar-refractivity contribution in [2.45, 2.75) is 44.5 Å². The first-order valence-corrected chi connectivity index (χ1v) is 7.29. The fourth-order valence-electron chi connectivity index (χ4n) is 2.18. The minimum absolute atomic E-state index is 0.533. The number of anilines is 1. The van der Waals surface area contributed by atoms with Gasteiger partial charge in [0.1, 0.15) is 0 Å². The van der Waals surface area contributed by atoms with Gasteiger partial charge in [-0.3, -0.25) is 0 Å². The average molecular weight is 272 g/mol. The first kappa shape index (κ1) is 13.0. The van der Waals surface area contributed by atoms with Crippen LogP contribution in [0, 0.1) is 0 Å². The highest BCUT2D eigenvalue weighted by atomic mass is 35.5. The van der Waals surface area contributed by atoms with Crippen LogP contribution < -0.4 is 4.90 Å². The lowest BCUT2D eigenvalue weighted by Crippen LogP contribution is -2.28. The van der Waals surface area contributed by atoms with Gasteiger partial charge in [0.2, 0.25) is 0 Å². The number of nitrogens with zero attached hydrogens (tertiary/aromatic N) is 1. The third-order valence-electron chi connectivity index (χ3n) is 3.24. The van der Waals surface area contributed by atoms with Gasteiger partial charge in [0.25, 0.3) is 0 Å². The van der Waals surface area contributed by atoms with E-state index in [4.69, 9.17) is 23.2 Å². The van der Waals surface area contributed by atoms with Crippen LogP contribution in [0.1, 0.15) is 38.2 Å². The highest BCUT2D eigenvalue weighted by Crippen LogP contribution is 2.38. The molecule has 0 unspecified atom stereocenters. The molecule has 0 heterocycles. The van der Waals surface area contributed by atoms with Crippen LogP contribution >= 0.6 is 23.2 Å². The van der Waals surface area contributed by atoms with Gasteiger partial charge in [0, 0.05) is 18.5 Å². The van der Waals surface area contributed by atoms with Crippen molar-refractivity contribution in [1.82, 2.24) is 0 Å². The Bertz CT molecular complexity index is 374. The van der Waals surface area contributed by atoms with Crippen molar-refractivity contribution in [3.05, 3.63) is 28.8 Å². The Kier molecular flexibility index (Phi) is 4.58. The molecule has 94 valence electrons. The fourth-order valence-corrected chi connectivity index (χ4v) is 2.70. The molecular weight excluding hydrogens is 253 g/mol. The van der Waals surface area contributed by atoms with Crippen LogP contribution in [0.15, 0.2) is 18.2 Å². The Balaban J connectivity index is 2.27. The van der Waals surface area contributed by atoms with E-state index in [0.29, 0.717) is 11.9 Å². The molecule has 1 aromatic carbocycles. The van der Waals surface area contributed by atoms with E-state index in [-0.39, 0.29) is 0 Å². The molecule has 0 spiro atoms. The Hall–Kier alpha value is -0.400. The molecule has 1 aliphatic rings. The van der Waals surface area contributed by atoms with E-state index in [0.717, 1.165) is 17.1 Å². The molecule has 0 saturated heterocycles. The fraction of sp³-hybridized carbons (Fsp3) is 0.571. The van der Waals surface area contributed by atoms with E-state index < -0.39 is 0 Å². The van der Waals surface area contributed by atoms with Crippen molar-refractivity contribution in [2.75, 3.05) is 11.4 Å². The minimum Gasteiger partial charge on any atom is -0.367 e. The van der Waals surface area contributed by atoms with Gasteiger partial charge in [0.05, 0.1) is 10.7 Å². The Morgan fingerprint density at radius 2 is 2.12 bits per heavy atom. The maximum absolute atomic E-state index is 6.35. The van der Waals surface area contributed by atoms with Gasteiger partial charge in [-0.05, 0) is 30.9 Å². The topological polar surface area (TPSA) is 3.24 Å². The summed E-state index contributed by atoms with van der Waals surface area (Å²) in [6.07, 6.45) is 5.00.